The van der Waals surface area contributed by atoms with Gasteiger partial charge in [0, 0.05) is 37.5 Å². The number of anilines is 1. The zero-order valence-electron chi connectivity index (χ0n) is 22.3. The van der Waals surface area contributed by atoms with E-state index in [1.807, 2.05) is 18.2 Å². The maximum absolute atomic E-state index is 14.5. The summed E-state index contributed by atoms with van der Waals surface area (Å²) in [6.45, 7) is 1.43. The van der Waals surface area contributed by atoms with Gasteiger partial charge in [-0.25, -0.2) is 4.39 Å². The van der Waals surface area contributed by atoms with Crippen LogP contribution < -0.4 is 9.64 Å². The van der Waals surface area contributed by atoms with Gasteiger partial charge >= 0.3 is 0 Å². The smallest absolute Gasteiger partial charge is 0.137 e. The highest BCUT2D eigenvalue weighted by Gasteiger charge is 2.35. The van der Waals surface area contributed by atoms with Crippen LogP contribution in [0.1, 0.15) is 58.9 Å². The molecule has 1 aliphatic carbocycles. The summed E-state index contributed by atoms with van der Waals surface area (Å²) < 4.78 is 20.7. The second-order valence-electron chi connectivity index (χ2n) is 11.1. The molecule has 1 saturated heterocycles. The quantitative estimate of drug-likeness (QED) is 0.275. The molecule has 0 amide bonds. The summed E-state index contributed by atoms with van der Waals surface area (Å²) in [6.07, 6.45) is 2.84. The molecule has 0 saturated carbocycles. The van der Waals surface area contributed by atoms with Gasteiger partial charge in [0.1, 0.15) is 18.0 Å². The van der Waals surface area contributed by atoms with Crippen LogP contribution in [0.5, 0.6) is 5.75 Å². The van der Waals surface area contributed by atoms with E-state index in [0.717, 1.165) is 24.3 Å². The van der Waals surface area contributed by atoms with Crippen molar-refractivity contribution in [2.24, 2.45) is 0 Å². The van der Waals surface area contributed by atoms with E-state index in [1.165, 1.54) is 27.8 Å². The van der Waals surface area contributed by atoms with Crippen molar-refractivity contribution in [2.45, 2.75) is 49.8 Å². The number of aliphatic hydroxyl groups excluding tert-OH is 1. The molecule has 2 atom stereocenters. The zero-order chi connectivity index (χ0) is 26.7. The van der Waals surface area contributed by atoms with E-state index < -0.39 is 5.67 Å². The summed E-state index contributed by atoms with van der Waals surface area (Å²) in [5.74, 6) is 1.57. The molecule has 3 nitrogen and oxygen atoms in total. The van der Waals surface area contributed by atoms with Crippen LogP contribution in [0.25, 0.3) is 0 Å². The number of nitrogens with zero attached hydrogens (tertiary/aromatic N) is 1. The predicted octanol–water partition coefficient (Wildman–Crippen LogP) is 7.43. The van der Waals surface area contributed by atoms with E-state index in [-0.39, 0.29) is 12.5 Å². The zero-order valence-corrected chi connectivity index (χ0v) is 22.3. The first-order valence-electron chi connectivity index (χ1n) is 14.1. The standard InChI is InChI=1S/C35H36FNO2/c36-35(25-38)19-21-37(22-20-35)30-14-11-28(12-15-30)34-32(27-9-5-2-6-10-27)17-13-29-23-31(16-18-33(29)34)39-24-26-7-3-1-4-8-26/h1-12,14-16,18,23,32,34,38H,13,17,19-22,24-25H2/t32-,34+/m1/s1. The Morgan fingerprint density at radius 2 is 1.51 bits per heavy atom. The van der Waals surface area contributed by atoms with Gasteiger partial charge in [-0.2, -0.15) is 0 Å². The second-order valence-corrected chi connectivity index (χ2v) is 11.1. The highest BCUT2D eigenvalue weighted by Crippen LogP contribution is 2.47. The molecule has 4 aromatic carbocycles. The Hall–Kier alpha value is -3.63. The number of halogens is 1. The predicted molar refractivity (Wildman–Crippen MR) is 155 cm³/mol. The van der Waals surface area contributed by atoms with Crippen molar-refractivity contribution in [3.63, 3.8) is 0 Å². The third kappa shape index (κ3) is 5.58. The molecule has 1 aliphatic heterocycles. The monoisotopic (exact) mass is 521 g/mol. The van der Waals surface area contributed by atoms with Crippen molar-refractivity contribution in [1.29, 1.82) is 0 Å². The summed E-state index contributed by atoms with van der Waals surface area (Å²) in [5, 5.41) is 9.38. The van der Waals surface area contributed by atoms with E-state index in [1.54, 1.807) is 0 Å². The minimum atomic E-state index is -1.44. The summed E-state index contributed by atoms with van der Waals surface area (Å²) in [7, 11) is 0. The average Bonchev–Trinajstić information content (AvgIpc) is 3.01. The first-order valence-corrected chi connectivity index (χ1v) is 14.1. The topological polar surface area (TPSA) is 32.7 Å². The number of alkyl halides is 1. The fourth-order valence-electron chi connectivity index (χ4n) is 6.31. The molecule has 0 aromatic heterocycles. The van der Waals surface area contributed by atoms with Crippen molar-refractivity contribution < 1.29 is 14.2 Å². The summed E-state index contributed by atoms with van der Waals surface area (Å²) in [5.41, 5.74) is 6.27. The third-order valence-electron chi connectivity index (χ3n) is 8.61. The molecule has 1 heterocycles. The SMILES string of the molecule is OCC1(F)CCN(c2ccc([C@@H]3c4ccc(OCc5ccccc5)cc4CC[C@@H]3c3ccccc3)cc2)CC1. The Bertz CT molecular complexity index is 1370. The van der Waals surface area contributed by atoms with Crippen LogP contribution in [0.2, 0.25) is 0 Å². The number of piperidine rings is 1. The maximum atomic E-state index is 14.5. The first kappa shape index (κ1) is 25.6. The Morgan fingerprint density at radius 3 is 2.21 bits per heavy atom. The highest BCUT2D eigenvalue weighted by molar-refractivity contribution is 5.53. The number of rotatable bonds is 7. The van der Waals surface area contributed by atoms with Crippen LogP contribution in [0.4, 0.5) is 10.1 Å². The van der Waals surface area contributed by atoms with E-state index in [0.29, 0.717) is 38.5 Å². The third-order valence-corrected chi connectivity index (χ3v) is 8.61. The summed E-state index contributed by atoms with van der Waals surface area (Å²) >= 11 is 0. The molecule has 0 unspecified atom stereocenters. The van der Waals surface area contributed by atoms with Gasteiger partial charge < -0.3 is 14.7 Å². The summed E-state index contributed by atoms with van der Waals surface area (Å²) in [6, 6.07) is 36.7. The van der Waals surface area contributed by atoms with Crippen LogP contribution in [0.3, 0.4) is 0 Å². The molecular weight excluding hydrogens is 485 g/mol. The Morgan fingerprint density at radius 1 is 0.821 bits per heavy atom. The largest absolute Gasteiger partial charge is 0.489 e. The van der Waals surface area contributed by atoms with E-state index in [4.69, 9.17) is 4.74 Å². The lowest BCUT2D eigenvalue weighted by Crippen LogP contribution is -2.43. The van der Waals surface area contributed by atoms with E-state index in [2.05, 4.69) is 89.8 Å². The molecule has 0 spiro atoms. The van der Waals surface area contributed by atoms with E-state index >= 15 is 0 Å². The fourth-order valence-corrected chi connectivity index (χ4v) is 6.31. The van der Waals surface area contributed by atoms with Crippen molar-refractivity contribution in [3.8, 4) is 5.75 Å². The Labute approximate surface area is 230 Å². The van der Waals surface area contributed by atoms with Crippen LogP contribution in [0, 0.1) is 0 Å². The lowest BCUT2D eigenvalue weighted by atomic mass is 9.69. The Balaban J connectivity index is 1.27. The normalized spacial score (nSPS) is 20.3. The number of fused-ring (bicyclic) bond motifs is 1. The molecule has 200 valence electrons. The molecule has 2 aliphatic rings. The van der Waals surface area contributed by atoms with Gasteiger partial charge in [-0.3, -0.25) is 0 Å². The lowest BCUT2D eigenvalue weighted by Gasteiger charge is -2.37. The molecule has 0 bridgehead atoms. The molecule has 0 radical (unpaired) electrons. The number of aryl methyl sites for hydroxylation is 1. The summed E-state index contributed by atoms with van der Waals surface area (Å²) in [4.78, 5) is 2.23. The van der Waals surface area contributed by atoms with Crippen molar-refractivity contribution >= 4 is 5.69 Å². The number of aliphatic hydroxyl groups is 1. The fraction of sp³-hybridized carbons (Fsp3) is 0.314. The number of hydrogen-bond acceptors (Lipinski definition) is 3. The average molecular weight is 522 g/mol. The van der Waals surface area contributed by atoms with Gasteiger partial charge in [0.25, 0.3) is 0 Å². The highest BCUT2D eigenvalue weighted by atomic mass is 19.1. The van der Waals surface area contributed by atoms with Gasteiger partial charge in [0.15, 0.2) is 0 Å². The van der Waals surface area contributed by atoms with Crippen molar-refractivity contribution in [3.05, 3.63) is 131 Å². The second kappa shape index (κ2) is 11.2. The molecule has 4 aromatic rings. The van der Waals surface area contributed by atoms with Gasteiger partial charge in [-0.15, -0.1) is 0 Å². The molecule has 1 fully saturated rings. The van der Waals surface area contributed by atoms with Crippen molar-refractivity contribution in [1.82, 2.24) is 0 Å². The van der Waals surface area contributed by atoms with Gasteiger partial charge in [0.05, 0.1) is 6.61 Å². The van der Waals surface area contributed by atoms with Crippen LogP contribution in [-0.2, 0) is 13.0 Å². The van der Waals surface area contributed by atoms with Gasteiger partial charge in [-0.05, 0) is 70.8 Å². The van der Waals surface area contributed by atoms with Gasteiger partial charge in [-0.1, -0.05) is 78.9 Å². The molecular formula is C35H36FNO2. The van der Waals surface area contributed by atoms with Gasteiger partial charge in [0.2, 0.25) is 0 Å². The molecule has 39 heavy (non-hydrogen) atoms. The van der Waals surface area contributed by atoms with Crippen LogP contribution in [-0.4, -0.2) is 30.5 Å². The first-order chi connectivity index (χ1) is 19.1. The Kier molecular flexibility index (Phi) is 7.38. The van der Waals surface area contributed by atoms with Crippen molar-refractivity contribution in [2.75, 3.05) is 24.6 Å². The molecule has 4 heteroatoms. The molecule has 6 rings (SSSR count). The molecule has 1 N–H and O–H groups in total. The van der Waals surface area contributed by atoms with Crippen LogP contribution in [0.15, 0.2) is 103 Å². The number of benzene rings is 4. The number of ether oxygens (including phenoxy) is 1. The minimum absolute atomic E-state index is 0.252. The number of hydrogen-bond donors (Lipinski definition) is 1. The maximum Gasteiger partial charge on any atom is 0.137 e. The van der Waals surface area contributed by atoms with Crippen LogP contribution >= 0.6 is 0 Å². The minimum Gasteiger partial charge on any atom is -0.489 e. The van der Waals surface area contributed by atoms with E-state index in [9.17, 15) is 9.50 Å². The lowest BCUT2D eigenvalue weighted by molar-refractivity contribution is 0.0481.